The zero-order valence-corrected chi connectivity index (χ0v) is 15.9. The Bertz CT molecular complexity index is 743. The maximum Gasteiger partial charge on any atom is 0.227 e. The van der Waals surface area contributed by atoms with E-state index in [4.69, 9.17) is 16.1 Å². The number of nitrogens with one attached hydrogen (secondary N) is 1. The molecule has 1 aliphatic rings. The van der Waals surface area contributed by atoms with Crippen molar-refractivity contribution in [1.82, 2.24) is 25.3 Å². The second-order valence-electron chi connectivity index (χ2n) is 6.59. The largest absolute Gasteiger partial charge is 0.354 e. The number of carbonyl (C=O) groups is 1. The SMILES string of the molecule is Cc1nc(CC(=O)NCC(c2ccccc2Cl)N2CCN(C)CC2)no1. The van der Waals surface area contributed by atoms with Gasteiger partial charge < -0.3 is 14.7 Å². The molecule has 1 amide bonds. The summed E-state index contributed by atoms with van der Waals surface area (Å²) in [4.78, 5) is 21.0. The van der Waals surface area contributed by atoms with E-state index >= 15 is 0 Å². The molecule has 1 unspecified atom stereocenters. The molecule has 1 saturated heterocycles. The number of likely N-dealkylation sites (N-methyl/N-ethyl adjacent to an activating group) is 1. The lowest BCUT2D eigenvalue weighted by Crippen LogP contribution is -2.48. The number of piperazine rings is 1. The maximum absolute atomic E-state index is 12.3. The highest BCUT2D eigenvalue weighted by Gasteiger charge is 2.26. The molecule has 0 saturated carbocycles. The molecule has 0 spiro atoms. The van der Waals surface area contributed by atoms with Crippen LogP contribution >= 0.6 is 11.6 Å². The fraction of sp³-hybridized carbons (Fsp3) is 0.500. The molecule has 2 aromatic rings. The van der Waals surface area contributed by atoms with Gasteiger partial charge in [0, 0.05) is 44.7 Å². The molecule has 0 aliphatic carbocycles. The number of halogens is 1. The lowest BCUT2D eigenvalue weighted by molar-refractivity contribution is -0.120. The summed E-state index contributed by atoms with van der Waals surface area (Å²) in [6, 6.07) is 7.86. The maximum atomic E-state index is 12.3. The average Bonchev–Trinajstić information content (AvgIpc) is 3.02. The van der Waals surface area contributed by atoms with E-state index in [1.165, 1.54) is 0 Å². The van der Waals surface area contributed by atoms with Crippen LogP contribution in [0.5, 0.6) is 0 Å². The van der Waals surface area contributed by atoms with Gasteiger partial charge in [-0.05, 0) is 18.7 Å². The van der Waals surface area contributed by atoms with E-state index in [0.717, 1.165) is 36.8 Å². The van der Waals surface area contributed by atoms with Gasteiger partial charge in [0.15, 0.2) is 5.82 Å². The van der Waals surface area contributed by atoms with Crippen molar-refractivity contribution in [3.63, 3.8) is 0 Å². The summed E-state index contributed by atoms with van der Waals surface area (Å²) in [5, 5.41) is 7.49. The van der Waals surface area contributed by atoms with Crippen LogP contribution in [-0.2, 0) is 11.2 Å². The molecule has 0 radical (unpaired) electrons. The summed E-state index contributed by atoms with van der Waals surface area (Å²) in [6.45, 7) is 6.06. The minimum Gasteiger partial charge on any atom is -0.354 e. The van der Waals surface area contributed by atoms with Gasteiger partial charge >= 0.3 is 0 Å². The first kappa shape index (κ1) is 18.8. The number of aryl methyl sites for hydroxylation is 1. The molecule has 1 aromatic heterocycles. The Morgan fingerprint density at radius 3 is 2.69 bits per heavy atom. The summed E-state index contributed by atoms with van der Waals surface area (Å²) in [7, 11) is 2.12. The highest BCUT2D eigenvalue weighted by atomic mass is 35.5. The third-order valence-electron chi connectivity index (χ3n) is 4.62. The minimum absolute atomic E-state index is 0.0355. The van der Waals surface area contributed by atoms with Crippen LogP contribution in [0.4, 0.5) is 0 Å². The van der Waals surface area contributed by atoms with Crippen molar-refractivity contribution < 1.29 is 9.32 Å². The van der Waals surface area contributed by atoms with Crippen molar-refractivity contribution in [2.75, 3.05) is 39.8 Å². The van der Waals surface area contributed by atoms with E-state index in [9.17, 15) is 4.79 Å². The molecule has 0 bridgehead atoms. The van der Waals surface area contributed by atoms with E-state index in [0.29, 0.717) is 18.3 Å². The van der Waals surface area contributed by atoms with E-state index < -0.39 is 0 Å². The summed E-state index contributed by atoms with van der Waals surface area (Å²) < 4.78 is 4.91. The normalized spacial score (nSPS) is 17.2. The van der Waals surface area contributed by atoms with Gasteiger partial charge in [-0.3, -0.25) is 9.69 Å². The first-order valence-corrected chi connectivity index (χ1v) is 9.13. The highest BCUT2D eigenvalue weighted by molar-refractivity contribution is 6.31. The first-order chi connectivity index (χ1) is 12.5. The Labute approximate surface area is 158 Å². The topological polar surface area (TPSA) is 74.5 Å². The third kappa shape index (κ3) is 4.81. The molecule has 8 heteroatoms. The number of rotatable bonds is 6. The van der Waals surface area contributed by atoms with Crippen LogP contribution < -0.4 is 5.32 Å². The number of amides is 1. The summed E-state index contributed by atoms with van der Waals surface area (Å²) in [5.41, 5.74) is 1.04. The number of carbonyl (C=O) groups excluding carboxylic acids is 1. The van der Waals surface area contributed by atoms with Crippen LogP contribution in [-0.4, -0.2) is 65.6 Å². The van der Waals surface area contributed by atoms with Crippen LogP contribution in [0.3, 0.4) is 0 Å². The number of benzene rings is 1. The average molecular weight is 378 g/mol. The predicted octanol–water partition coefficient (Wildman–Crippen LogP) is 1.68. The highest BCUT2D eigenvalue weighted by Crippen LogP contribution is 2.27. The van der Waals surface area contributed by atoms with E-state index in [2.05, 4.69) is 32.3 Å². The van der Waals surface area contributed by atoms with Gasteiger partial charge in [0.05, 0.1) is 12.5 Å². The predicted molar refractivity (Wildman–Crippen MR) is 99.0 cm³/mol. The number of hydrogen-bond acceptors (Lipinski definition) is 6. The van der Waals surface area contributed by atoms with Gasteiger partial charge in [-0.15, -0.1) is 0 Å². The van der Waals surface area contributed by atoms with Crippen LogP contribution in [0.25, 0.3) is 0 Å². The Hall–Kier alpha value is -1.96. The smallest absolute Gasteiger partial charge is 0.227 e. The summed E-state index contributed by atoms with van der Waals surface area (Å²) >= 11 is 6.43. The molecular weight excluding hydrogens is 354 g/mol. The van der Waals surface area contributed by atoms with Crippen LogP contribution in [0.2, 0.25) is 5.02 Å². The summed E-state index contributed by atoms with van der Waals surface area (Å²) in [6.07, 6.45) is 0.106. The summed E-state index contributed by atoms with van der Waals surface area (Å²) in [5.74, 6) is 0.727. The minimum atomic E-state index is -0.128. The Morgan fingerprint density at radius 1 is 1.31 bits per heavy atom. The number of aromatic nitrogens is 2. The first-order valence-electron chi connectivity index (χ1n) is 8.76. The van der Waals surface area contributed by atoms with Crippen molar-refractivity contribution in [2.45, 2.75) is 19.4 Å². The molecule has 3 rings (SSSR count). The van der Waals surface area contributed by atoms with Gasteiger partial charge in [-0.2, -0.15) is 4.98 Å². The van der Waals surface area contributed by atoms with Crippen molar-refractivity contribution >= 4 is 17.5 Å². The van der Waals surface area contributed by atoms with Crippen molar-refractivity contribution in [1.29, 1.82) is 0 Å². The molecule has 1 fully saturated rings. The van der Waals surface area contributed by atoms with E-state index in [-0.39, 0.29) is 18.4 Å². The van der Waals surface area contributed by atoms with Gasteiger partial charge in [0.2, 0.25) is 11.8 Å². The Morgan fingerprint density at radius 2 is 2.04 bits per heavy atom. The van der Waals surface area contributed by atoms with E-state index in [1.807, 2.05) is 24.3 Å². The second kappa shape index (κ2) is 8.62. The molecule has 1 aromatic carbocycles. The number of hydrogen-bond donors (Lipinski definition) is 1. The van der Waals surface area contributed by atoms with Crippen molar-refractivity contribution in [2.24, 2.45) is 0 Å². The van der Waals surface area contributed by atoms with Crippen molar-refractivity contribution in [3.05, 3.63) is 46.6 Å². The molecule has 26 heavy (non-hydrogen) atoms. The zero-order valence-electron chi connectivity index (χ0n) is 15.1. The number of nitrogens with zero attached hydrogens (tertiary/aromatic N) is 4. The lowest BCUT2D eigenvalue weighted by atomic mass is 10.0. The molecule has 7 nitrogen and oxygen atoms in total. The molecule has 1 aliphatic heterocycles. The van der Waals surface area contributed by atoms with Gasteiger partial charge in [-0.1, -0.05) is 35.0 Å². The molecule has 2 heterocycles. The van der Waals surface area contributed by atoms with Gasteiger partial charge in [0.1, 0.15) is 0 Å². The van der Waals surface area contributed by atoms with Crippen LogP contribution in [0, 0.1) is 6.92 Å². The van der Waals surface area contributed by atoms with Crippen LogP contribution in [0.1, 0.15) is 23.3 Å². The third-order valence-corrected chi connectivity index (χ3v) is 4.97. The quantitative estimate of drug-likeness (QED) is 0.825. The molecular formula is C18H24ClN5O2. The van der Waals surface area contributed by atoms with Gasteiger partial charge in [-0.25, -0.2) is 0 Å². The second-order valence-corrected chi connectivity index (χ2v) is 6.99. The van der Waals surface area contributed by atoms with E-state index in [1.54, 1.807) is 6.92 Å². The molecule has 1 atom stereocenters. The zero-order chi connectivity index (χ0) is 18.5. The van der Waals surface area contributed by atoms with Crippen LogP contribution in [0.15, 0.2) is 28.8 Å². The standard InChI is InChI=1S/C18H24ClN5O2/c1-13-21-17(22-26-13)11-18(25)20-12-16(14-5-3-4-6-15(14)19)24-9-7-23(2)8-10-24/h3-6,16H,7-12H2,1-2H3,(H,20,25). The van der Waals surface area contributed by atoms with Gasteiger partial charge in [0.25, 0.3) is 0 Å². The monoisotopic (exact) mass is 377 g/mol. The fourth-order valence-electron chi connectivity index (χ4n) is 3.14. The molecule has 1 N–H and O–H groups in total. The fourth-order valence-corrected chi connectivity index (χ4v) is 3.41. The Balaban J connectivity index is 1.67. The Kier molecular flexibility index (Phi) is 6.24. The van der Waals surface area contributed by atoms with Crippen molar-refractivity contribution in [3.8, 4) is 0 Å². The lowest BCUT2D eigenvalue weighted by Gasteiger charge is -2.38. The molecule has 140 valence electrons.